The molecule has 6 nitrogen and oxygen atoms in total. The lowest BCUT2D eigenvalue weighted by Crippen LogP contribution is -2.36. The zero-order valence-corrected chi connectivity index (χ0v) is 16.7. The molecule has 0 spiro atoms. The van der Waals surface area contributed by atoms with Gasteiger partial charge >= 0.3 is 0 Å². The molecule has 0 amide bonds. The molecule has 1 heterocycles. The molecule has 0 radical (unpaired) electrons. The van der Waals surface area contributed by atoms with Crippen molar-refractivity contribution in [1.29, 1.82) is 0 Å². The first kappa shape index (κ1) is 20.8. The minimum absolute atomic E-state index is 0.142. The zero-order valence-electron chi connectivity index (χ0n) is 16.7. The molecule has 152 valence electrons. The first-order valence-corrected chi connectivity index (χ1v) is 9.56. The van der Waals surface area contributed by atoms with E-state index in [0.717, 1.165) is 11.1 Å². The second-order valence-corrected chi connectivity index (χ2v) is 7.03. The van der Waals surface area contributed by atoms with Crippen LogP contribution in [0.2, 0.25) is 0 Å². The van der Waals surface area contributed by atoms with Gasteiger partial charge in [-0.05, 0) is 17.5 Å². The number of hydrogen-bond acceptors (Lipinski definition) is 5. The maximum atomic E-state index is 11.9. The average Bonchev–Trinajstić information content (AvgIpc) is 2.75. The van der Waals surface area contributed by atoms with Crippen LogP contribution in [-0.4, -0.2) is 30.3 Å². The summed E-state index contributed by atoms with van der Waals surface area (Å²) in [6.07, 6.45) is 5.46. The number of ether oxygens (including phenoxy) is 2. The van der Waals surface area contributed by atoms with Gasteiger partial charge in [0, 0.05) is 32.9 Å². The van der Waals surface area contributed by atoms with Gasteiger partial charge < -0.3 is 14.4 Å². The van der Waals surface area contributed by atoms with Crippen molar-refractivity contribution in [1.82, 2.24) is 4.90 Å². The Labute approximate surface area is 171 Å². The molecule has 0 fully saturated rings. The Bertz CT molecular complexity index is 848. The van der Waals surface area contributed by atoms with Gasteiger partial charge in [0.2, 0.25) is 0 Å². The number of methoxy groups -OCH3 is 2. The van der Waals surface area contributed by atoms with E-state index in [2.05, 4.69) is 0 Å². The Morgan fingerprint density at radius 3 is 2.14 bits per heavy atom. The lowest BCUT2D eigenvalue weighted by atomic mass is 9.83. The number of rotatable bonds is 9. The van der Waals surface area contributed by atoms with Crippen molar-refractivity contribution in [3.63, 3.8) is 0 Å². The van der Waals surface area contributed by atoms with Crippen LogP contribution in [0.15, 0.2) is 84.8 Å². The SMILES string of the molecule is COC(OC)[C@H](Cc1ccccc1)[C@H]1C=CN(Cc2ccccc2)C=C1[N+](=O)[O-]. The third kappa shape index (κ3) is 5.31. The van der Waals surface area contributed by atoms with E-state index in [1.165, 1.54) is 0 Å². The molecule has 0 saturated heterocycles. The van der Waals surface area contributed by atoms with Crippen molar-refractivity contribution in [2.45, 2.75) is 19.3 Å². The molecule has 0 aromatic heterocycles. The third-order valence-electron chi connectivity index (χ3n) is 5.13. The van der Waals surface area contributed by atoms with Crippen molar-refractivity contribution < 1.29 is 14.4 Å². The molecule has 0 bridgehead atoms. The van der Waals surface area contributed by atoms with Crippen molar-refractivity contribution in [2.24, 2.45) is 11.8 Å². The quantitative estimate of drug-likeness (QED) is 0.362. The minimum Gasteiger partial charge on any atom is -0.356 e. The van der Waals surface area contributed by atoms with Crippen LogP contribution < -0.4 is 0 Å². The number of benzene rings is 2. The molecule has 6 heteroatoms. The van der Waals surface area contributed by atoms with E-state index in [1.54, 1.807) is 20.4 Å². The topological polar surface area (TPSA) is 64.8 Å². The van der Waals surface area contributed by atoms with E-state index in [4.69, 9.17) is 9.47 Å². The van der Waals surface area contributed by atoms with Gasteiger partial charge in [0.25, 0.3) is 5.70 Å². The molecule has 0 saturated carbocycles. The Morgan fingerprint density at radius 2 is 1.59 bits per heavy atom. The number of nitrogens with zero attached hydrogens (tertiary/aromatic N) is 2. The number of allylic oxidation sites excluding steroid dienone is 1. The Kier molecular flexibility index (Phi) is 7.16. The molecule has 3 rings (SSSR count). The monoisotopic (exact) mass is 394 g/mol. The normalized spacial score (nSPS) is 17.3. The van der Waals surface area contributed by atoms with E-state index < -0.39 is 12.2 Å². The minimum atomic E-state index is -0.561. The second-order valence-electron chi connectivity index (χ2n) is 7.03. The van der Waals surface area contributed by atoms with E-state index in [1.807, 2.05) is 77.8 Å². The summed E-state index contributed by atoms with van der Waals surface area (Å²) in [5.74, 6) is -0.665. The summed E-state index contributed by atoms with van der Waals surface area (Å²) >= 11 is 0. The molecule has 2 atom stereocenters. The molecule has 29 heavy (non-hydrogen) atoms. The fourth-order valence-electron chi connectivity index (χ4n) is 3.75. The standard InChI is InChI=1S/C23H26N2O4/c1-28-23(29-2)21(15-18-9-5-3-6-10-18)20-13-14-24(17-22(20)25(26)27)16-19-11-7-4-8-12-19/h3-14,17,20-21,23H,15-16H2,1-2H3/t20-,21-/m1/s1. The van der Waals surface area contributed by atoms with Gasteiger partial charge in [0.15, 0.2) is 6.29 Å². The van der Waals surface area contributed by atoms with Gasteiger partial charge in [-0.3, -0.25) is 10.1 Å². The lowest BCUT2D eigenvalue weighted by molar-refractivity contribution is -0.436. The summed E-state index contributed by atoms with van der Waals surface area (Å²) in [6.45, 7) is 0.572. The first-order valence-electron chi connectivity index (χ1n) is 9.56. The van der Waals surface area contributed by atoms with Gasteiger partial charge in [-0.1, -0.05) is 66.7 Å². The highest BCUT2D eigenvalue weighted by Crippen LogP contribution is 2.33. The van der Waals surface area contributed by atoms with Crippen LogP contribution in [0.4, 0.5) is 0 Å². The molecular formula is C23H26N2O4. The molecule has 1 aliphatic rings. The largest absolute Gasteiger partial charge is 0.356 e. The van der Waals surface area contributed by atoms with Crippen LogP contribution in [0.25, 0.3) is 0 Å². The summed E-state index contributed by atoms with van der Waals surface area (Å²) in [5.41, 5.74) is 2.31. The van der Waals surface area contributed by atoms with Crippen LogP contribution in [0.1, 0.15) is 11.1 Å². The summed E-state index contributed by atoms with van der Waals surface area (Å²) in [5, 5.41) is 11.9. The van der Waals surface area contributed by atoms with Crippen molar-refractivity contribution in [3.05, 3.63) is 106 Å². The predicted octanol–water partition coefficient (Wildman–Crippen LogP) is 4.23. The molecular weight excluding hydrogens is 368 g/mol. The van der Waals surface area contributed by atoms with Gasteiger partial charge in [0.1, 0.15) is 0 Å². The Balaban J connectivity index is 1.87. The number of hydrogen-bond donors (Lipinski definition) is 0. The predicted molar refractivity (Wildman–Crippen MR) is 111 cm³/mol. The van der Waals surface area contributed by atoms with Crippen molar-refractivity contribution >= 4 is 0 Å². The Morgan fingerprint density at radius 1 is 1.00 bits per heavy atom. The van der Waals surface area contributed by atoms with Crippen LogP contribution in [0.5, 0.6) is 0 Å². The highest BCUT2D eigenvalue weighted by atomic mass is 16.7. The van der Waals surface area contributed by atoms with Crippen molar-refractivity contribution in [3.8, 4) is 0 Å². The highest BCUT2D eigenvalue weighted by Gasteiger charge is 2.38. The second kappa shape index (κ2) is 10.0. The first-order chi connectivity index (χ1) is 14.1. The maximum Gasteiger partial charge on any atom is 0.269 e. The summed E-state index contributed by atoms with van der Waals surface area (Å²) < 4.78 is 11.0. The van der Waals surface area contributed by atoms with E-state index in [0.29, 0.717) is 13.0 Å². The van der Waals surface area contributed by atoms with E-state index in [-0.39, 0.29) is 16.5 Å². The molecule has 2 aromatic carbocycles. The van der Waals surface area contributed by atoms with Gasteiger partial charge in [-0.2, -0.15) is 0 Å². The molecule has 2 aromatic rings. The fourth-order valence-corrected chi connectivity index (χ4v) is 3.75. The zero-order chi connectivity index (χ0) is 20.6. The Hall–Kier alpha value is -2.96. The van der Waals surface area contributed by atoms with Crippen LogP contribution in [-0.2, 0) is 22.4 Å². The van der Waals surface area contributed by atoms with E-state index >= 15 is 0 Å². The van der Waals surface area contributed by atoms with Gasteiger partial charge in [-0.25, -0.2) is 0 Å². The molecule has 1 aliphatic heterocycles. The number of nitro groups is 1. The average molecular weight is 394 g/mol. The molecule has 0 N–H and O–H groups in total. The molecule has 0 aliphatic carbocycles. The van der Waals surface area contributed by atoms with Crippen molar-refractivity contribution in [2.75, 3.05) is 14.2 Å². The fraction of sp³-hybridized carbons (Fsp3) is 0.304. The summed E-state index contributed by atoms with van der Waals surface area (Å²) in [4.78, 5) is 13.5. The van der Waals surface area contributed by atoms with Gasteiger partial charge in [-0.15, -0.1) is 0 Å². The smallest absolute Gasteiger partial charge is 0.269 e. The van der Waals surface area contributed by atoms with Crippen LogP contribution in [0, 0.1) is 22.0 Å². The maximum absolute atomic E-state index is 11.9. The van der Waals surface area contributed by atoms with Crippen LogP contribution in [0.3, 0.4) is 0 Å². The molecule has 0 unspecified atom stereocenters. The third-order valence-corrected chi connectivity index (χ3v) is 5.13. The van der Waals surface area contributed by atoms with Crippen LogP contribution >= 0.6 is 0 Å². The highest BCUT2D eigenvalue weighted by molar-refractivity contribution is 5.22. The summed E-state index contributed by atoms with van der Waals surface area (Å²) in [6, 6.07) is 19.8. The van der Waals surface area contributed by atoms with Gasteiger partial charge in [0.05, 0.1) is 17.0 Å². The summed E-state index contributed by atoms with van der Waals surface area (Å²) in [7, 11) is 3.13. The van der Waals surface area contributed by atoms with E-state index in [9.17, 15) is 10.1 Å². The lowest BCUT2D eigenvalue weighted by Gasteiger charge is -2.32.